The van der Waals surface area contributed by atoms with Crippen molar-refractivity contribution in [3.8, 4) is 0 Å². The molecule has 0 bridgehead atoms. The van der Waals surface area contributed by atoms with E-state index in [1.165, 1.54) is 0 Å². The van der Waals surface area contributed by atoms with Crippen LogP contribution in [0.4, 0.5) is 0 Å². The second kappa shape index (κ2) is 5.31. The monoisotopic (exact) mass is 382 g/mol. The Morgan fingerprint density at radius 3 is 1.83 bits per heavy atom. The molecule has 0 saturated carbocycles. The molecule has 0 unspecified atom stereocenters. The molecule has 2 heteroatoms. The molecule has 0 aliphatic rings. The van der Waals surface area contributed by atoms with Gasteiger partial charge < -0.3 is 0 Å². The molecule has 0 aliphatic carbocycles. The molecule has 2 nitrogen and oxygen atoms in total. The largest absolute Gasteiger partial charge is 0.289 e. The first-order valence-electron chi connectivity index (χ1n) is 10.0. The van der Waals surface area contributed by atoms with Gasteiger partial charge in [-0.1, -0.05) is 60.7 Å². The minimum atomic E-state index is 0.00279. The highest BCUT2D eigenvalue weighted by molar-refractivity contribution is 6.26. The molecule has 0 spiro atoms. The van der Waals surface area contributed by atoms with E-state index in [4.69, 9.17) is 0 Å². The van der Waals surface area contributed by atoms with Crippen LogP contribution in [-0.2, 0) is 0 Å². The fourth-order valence-electron chi connectivity index (χ4n) is 5.10. The number of fused-ring (bicyclic) bond motifs is 9. The SMILES string of the molecule is O=c1c2ccccc2c2cc3c(cc12)c(=O)c1c2cc4ccccc4cc2ccc31. The molecule has 0 saturated heterocycles. The molecule has 0 aromatic heterocycles. The second-order valence-corrected chi connectivity index (χ2v) is 8.06. The van der Waals surface area contributed by atoms with Crippen molar-refractivity contribution in [2.45, 2.75) is 0 Å². The van der Waals surface area contributed by atoms with Crippen molar-refractivity contribution in [2.75, 3.05) is 0 Å². The van der Waals surface area contributed by atoms with Crippen LogP contribution in [-0.4, -0.2) is 0 Å². The Kier molecular flexibility index (Phi) is 2.80. The van der Waals surface area contributed by atoms with Gasteiger partial charge in [-0.2, -0.15) is 0 Å². The lowest BCUT2D eigenvalue weighted by molar-refractivity contribution is 1.79. The van der Waals surface area contributed by atoms with E-state index in [-0.39, 0.29) is 10.9 Å². The summed E-state index contributed by atoms with van der Waals surface area (Å²) in [5.41, 5.74) is 0.00967. The fraction of sp³-hybridized carbons (Fsp3) is 0. The molecule has 30 heavy (non-hydrogen) atoms. The lowest BCUT2D eigenvalue weighted by Crippen LogP contribution is -1.97. The van der Waals surface area contributed by atoms with Crippen molar-refractivity contribution in [2.24, 2.45) is 0 Å². The van der Waals surface area contributed by atoms with Crippen LogP contribution in [0, 0.1) is 0 Å². The summed E-state index contributed by atoms with van der Waals surface area (Å²) in [6.45, 7) is 0. The number of rotatable bonds is 0. The summed E-state index contributed by atoms with van der Waals surface area (Å²) in [5.74, 6) is 0. The minimum Gasteiger partial charge on any atom is -0.289 e. The zero-order valence-corrected chi connectivity index (χ0v) is 15.9. The van der Waals surface area contributed by atoms with Gasteiger partial charge in [-0.05, 0) is 67.4 Å². The number of hydrogen-bond donors (Lipinski definition) is 0. The third kappa shape index (κ3) is 1.84. The van der Waals surface area contributed by atoms with Crippen LogP contribution in [0.1, 0.15) is 0 Å². The van der Waals surface area contributed by atoms with E-state index in [0.29, 0.717) is 16.2 Å². The van der Waals surface area contributed by atoms with Crippen molar-refractivity contribution in [3.05, 3.63) is 105 Å². The molecule has 138 valence electrons. The molecule has 0 fully saturated rings. The first kappa shape index (κ1) is 15.8. The summed E-state index contributed by atoms with van der Waals surface area (Å²) in [6.07, 6.45) is 0. The van der Waals surface area contributed by atoms with Crippen LogP contribution in [0.3, 0.4) is 0 Å². The average molecular weight is 382 g/mol. The van der Waals surface area contributed by atoms with Gasteiger partial charge in [0.05, 0.1) is 0 Å². The number of benzene rings is 5. The Balaban J connectivity index is 1.73. The van der Waals surface area contributed by atoms with Crippen molar-refractivity contribution >= 4 is 64.6 Å². The summed E-state index contributed by atoms with van der Waals surface area (Å²) >= 11 is 0. The second-order valence-electron chi connectivity index (χ2n) is 8.06. The molecule has 0 amide bonds. The van der Waals surface area contributed by atoms with Crippen LogP contribution in [0.15, 0.2) is 94.5 Å². The third-order valence-electron chi connectivity index (χ3n) is 6.51. The summed E-state index contributed by atoms with van der Waals surface area (Å²) < 4.78 is 0. The summed E-state index contributed by atoms with van der Waals surface area (Å²) in [7, 11) is 0. The highest BCUT2D eigenvalue weighted by Crippen LogP contribution is 2.35. The van der Waals surface area contributed by atoms with Gasteiger partial charge >= 0.3 is 0 Å². The lowest BCUT2D eigenvalue weighted by Gasteiger charge is -2.03. The molecule has 7 rings (SSSR count). The van der Waals surface area contributed by atoms with Crippen LogP contribution in [0.25, 0.3) is 64.6 Å². The van der Waals surface area contributed by atoms with Crippen molar-refractivity contribution in [1.82, 2.24) is 0 Å². The fourth-order valence-corrected chi connectivity index (χ4v) is 5.10. The first-order chi connectivity index (χ1) is 14.7. The third-order valence-corrected chi connectivity index (χ3v) is 6.51. The molecular weight excluding hydrogens is 368 g/mol. The Labute approximate surface area is 170 Å². The van der Waals surface area contributed by atoms with Gasteiger partial charge in [0.2, 0.25) is 0 Å². The Hall–Kier alpha value is -4.04. The van der Waals surface area contributed by atoms with E-state index in [9.17, 15) is 9.59 Å². The van der Waals surface area contributed by atoms with E-state index < -0.39 is 0 Å². The topological polar surface area (TPSA) is 34.1 Å². The van der Waals surface area contributed by atoms with Gasteiger partial charge in [-0.15, -0.1) is 0 Å². The lowest BCUT2D eigenvalue weighted by atomic mass is 10.00. The van der Waals surface area contributed by atoms with Crippen molar-refractivity contribution in [3.63, 3.8) is 0 Å². The van der Waals surface area contributed by atoms with E-state index in [1.54, 1.807) is 0 Å². The van der Waals surface area contributed by atoms with Gasteiger partial charge in [0.15, 0.2) is 10.9 Å². The maximum Gasteiger partial charge on any atom is 0.194 e. The Bertz CT molecular complexity index is 1930. The van der Waals surface area contributed by atoms with Crippen LogP contribution >= 0.6 is 0 Å². The van der Waals surface area contributed by atoms with Gasteiger partial charge in [0, 0.05) is 21.5 Å². The van der Waals surface area contributed by atoms with Crippen LogP contribution in [0.5, 0.6) is 0 Å². The normalized spacial score (nSPS) is 12.3. The van der Waals surface area contributed by atoms with E-state index in [2.05, 4.69) is 30.3 Å². The van der Waals surface area contributed by atoms with E-state index in [1.807, 2.05) is 54.6 Å². The maximum atomic E-state index is 13.5. The summed E-state index contributed by atoms with van der Waals surface area (Å²) in [4.78, 5) is 26.4. The smallest absolute Gasteiger partial charge is 0.194 e. The van der Waals surface area contributed by atoms with Gasteiger partial charge in [-0.25, -0.2) is 0 Å². The van der Waals surface area contributed by atoms with Crippen molar-refractivity contribution < 1.29 is 0 Å². The van der Waals surface area contributed by atoms with Gasteiger partial charge in [0.25, 0.3) is 0 Å². The van der Waals surface area contributed by atoms with E-state index >= 15 is 0 Å². The quantitative estimate of drug-likeness (QED) is 0.293. The molecule has 0 radical (unpaired) electrons. The van der Waals surface area contributed by atoms with Crippen LogP contribution < -0.4 is 10.9 Å². The number of hydrogen-bond acceptors (Lipinski definition) is 2. The molecule has 0 atom stereocenters. The molecule has 0 N–H and O–H groups in total. The zero-order valence-electron chi connectivity index (χ0n) is 15.9. The van der Waals surface area contributed by atoms with Gasteiger partial charge in [-0.3, -0.25) is 9.59 Å². The molecule has 0 aliphatic heterocycles. The van der Waals surface area contributed by atoms with Gasteiger partial charge in [0.1, 0.15) is 0 Å². The average Bonchev–Trinajstić information content (AvgIpc) is 3.23. The predicted molar refractivity (Wildman–Crippen MR) is 126 cm³/mol. The van der Waals surface area contributed by atoms with Crippen LogP contribution in [0.2, 0.25) is 0 Å². The first-order valence-corrected chi connectivity index (χ1v) is 10.0. The molecule has 0 heterocycles. The standard InChI is InChI=1S/C28H14O2/c29-27-20-8-4-3-7-18(20)22-13-23-19-10-9-17-11-15-5-1-2-6-16(15)12-21(17)26(19)28(30)25(23)14-24(22)27/h1-14H. The Morgan fingerprint density at radius 2 is 1.00 bits per heavy atom. The Morgan fingerprint density at radius 1 is 0.367 bits per heavy atom. The summed E-state index contributed by atoms with van der Waals surface area (Å²) in [5, 5.41) is 10.8. The molecule has 7 aromatic carbocycles. The molecule has 7 aromatic rings. The highest BCUT2D eigenvalue weighted by Gasteiger charge is 2.17. The molecular formula is C28H14O2. The minimum absolute atomic E-state index is 0.00279. The maximum absolute atomic E-state index is 13.5. The predicted octanol–water partition coefficient (Wildman–Crippen LogP) is 6.20. The zero-order chi connectivity index (χ0) is 20.0. The summed E-state index contributed by atoms with van der Waals surface area (Å²) in [6, 6.07) is 28.1. The van der Waals surface area contributed by atoms with E-state index in [0.717, 1.165) is 48.5 Å². The highest BCUT2D eigenvalue weighted by atomic mass is 16.1. The van der Waals surface area contributed by atoms with Crippen molar-refractivity contribution in [1.29, 1.82) is 0 Å².